The van der Waals surface area contributed by atoms with Gasteiger partial charge in [-0.15, -0.1) is 0 Å². The van der Waals surface area contributed by atoms with Gasteiger partial charge in [-0.1, -0.05) is 29.8 Å². The Hall–Kier alpha value is -2.23. The lowest BCUT2D eigenvalue weighted by atomic mass is 10.1. The molecular formula is C15H17N3O. The first-order valence-corrected chi connectivity index (χ1v) is 6.35. The van der Waals surface area contributed by atoms with E-state index in [9.17, 15) is 4.79 Å². The normalized spacial score (nSPS) is 10.2. The molecule has 19 heavy (non-hydrogen) atoms. The molecular weight excluding hydrogens is 238 g/mol. The number of benzene rings is 1. The van der Waals surface area contributed by atoms with Gasteiger partial charge >= 0.3 is 0 Å². The first-order chi connectivity index (χ1) is 9.25. The molecule has 1 amide bonds. The van der Waals surface area contributed by atoms with Crippen molar-refractivity contribution < 1.29 is 4.79 Å². The second kappa shape index (κ2) is 6.64. The molecule has 98 valence electrons. The van der Waals surface area contributed by atoms with Crippen molar-refractivity contribution in [2.24, 2.45) is 0 Å². The summed E-state index contributed by atoms with van der Waals surface area (Å²) in [6.45, 7) is 2.72. The predicted molar refractivity (Wildman–Crippen MR) is 73.9 cm³/mol. The molecule has 0 aliphatic carbocycles. The Bertz CT molecular complexity index is 540. The van der Waals surface area contributed by atoms with Gasteiger partial charge in [-0.3, -0.25) is 9.78 Å². The lowest BCUT2D eigenvalue weighted by Gasteiger charge is -2.05. The molecule has 1 aromatic carbocycles. The molecule has 1 aromatic heterocycles. The topological polar surface area (TPSA) is 54.9 Å². The van der Waals surface area contributed by atoms with Gasteiger partial charge in [0, 0.05) is 18.9 Å². The van der Waals surface area contributed by atoms with Crippen molar-refractivity contribution in [2.75, 3.05) is 6.54 Å². The van der Waals surface area contributed by atoms with E-state index in [0.29, 0.717) is 12.2 Å². The molecule has 4 heteroatoms. The third-order valence-corrected chi connectivity index (χ3v) is 2.81. The smallest absolute Gasteiger partial charge is 0.271 e. The van der Waals surface area contributed by atoms with Crippen LogP contribution >= 0.6 is 0 Å². The highest BCUT2D eigenvalue weighted by molar-refractivity contribution is 5.91. The largest absolute Gasteiger partial charge is 0.351 e. The number of carbonyl (C=O) groups is 1. The van der Waals surface area contributed by atoms with Crippen molar-refractivity contribution in [2.45, 2.75) is 19.8 Å². The zero-order chi connectivity index (χ0) is 13.5. The maximum atomic E-state index is 11.7. The van der Waals surface area contributed by atoms with Gasteiger partial charge in [-0.05, 0) is 25.3 Å². The minimum atomic E-state index is -0.169. The maximum absolute atomic E-state index is 11.7. The predicted octanol–water partition coefficient (Wildman–Crippen LogP) is 2.15. The second-order valence-electron chi connectivity index (χ2n) is 4.44. The summed E-state index contributed by atoms with van der Waals surface area (Å²) < 4.78 is 0. The van der Waals surface area contributed by atoms with Crippen LogP contribution in [0.4, 0.5) is 0 Å². The summed E-state index contributed by atoms with van der Waals surface area (Å²) in [7, 11) is 0. The van der Waals surface area contributed by atoms with Gasteiger partial charge in [0.2, 0.25) is 0 Å². The third kappa shape index (κ3) is 4.17. The van der Waals surface area contributed by atoms with Crippen LogP contribution in [0.2, 0.25) is 0 Å². The number of amides is 1. The quantitative estimate of drug-likeness (QED) is 0.833. The number of nitrogens with zero attached hydrogens (tertiary/aromatic N) is 2. The molecule has 0 radical (unpaired) electrons. The standard InChI is InChI=1S/C15H17N3O/c1-12-4-2-5-13(10-12)6-3-7-18-15(19)14-11-16-8-9-17-14/h2,4-5,8-11H,3,6-7H2,1H3,(H,18,19). The van der Waals surface area contributed by atoms with Crippen LogP contribution in [0.5, 0.6) is 0 Å². The first kappa shape index (κ1) is 13.2. The minimum absolute atomic E-state index is 0.169. The van der Waals surface area contributed by atoms with Crippen LogP contribution in [0.1, 0.15) is 28.0 Å². The van der Waals surface area contributed by atoms with Crippen molar-refractivity contribution in [3.63, 3.8) is 0 Å². The Morgan fingerprint density at radius 2 is 2.21 bits per heavy atom. The fourth-order valence-electron chi connectivity index (χ4n) is 1.87. The molecule has 2 rings (SSSR count). The van der Waals surface area contributed by atoms with Crippen molar-refractivity contribution in [3.8, 4) is 0 Å². The van der Waals surface area contributed by atoms with Gasteiger partial charge in [0.15, 0.2) is 0 Å². The summed E-state index contributed by atoms with van der Waals surface area (Å²) >= 11 is 0. The van der Waals surface area contributed by atoms with E-state index in [1.165, 1.54) is 23.5 Å². The van der Waals surface area contributed by atoms with E-state index in [-0.39, 0.29) is 5.91 Å². The van der Waals surface area contributed by atoms with Crippen LogP contribution in [0, 0.1) is 6.92 Å². The van der Waals surface area contributed by atoms with E-state index < -0.39 is 0 Å². The monoisotopic (exact) mass is 255 g/mol. The lowest BCUT2D eigenvalue weighted by Crippen LogP contribution is -2.25. The average molecular weight is 255 g/mol. The molecule has 4 nitrogen and oxygen atoms in total. The van der Waals surface area contributed by atoms with Crippen LogP contribution in [0.3, 0.4) is 0 Å². The van der Waals surface area contributed by atoms with Crippen molar-refractivity contribution in [3.05, 3.63) is 59.7 Å². The van der Waals surface area contributed by atoms with E-state index in [4.69, 9.17) is 0 Å². The molecule has 1 N–H and O–H groups in total. The number of rotatable bonds is 5. The summed E-state index contributed by atoms with van der Waals surface area (Å²) in [5.41, 5.74) is 2.92. The molecule has 0 spiro atoms. The van der Waals surface area contributed by atoms with E-state index in [1.54, 1.807) is 6.20 Å². The Morgan fingerprint density at radius 1 is 1.32 bits per heavy atom. The Morgan fingerprint density at radius 3 is 2.95 bits per heavy atom. The van der Waals surface area contributed by atoms with E-state index >= 15 is 0 Å². The van der Waals surface area contributed by atoms with Crippen molar-refractivity contribution >= 4 is 5.91 Å². The van der Waals surface area contributed by atoms with Crippen LogP contribution < -0.4 is 5.32 Å². The van der Waals surface area contributed by atoms with E-state index in [0.717, 1.165) is 12.8 Å². The van der Waals surface area contributed by atoms with Gasteiger partial charge in [-0.25, -0.2) is 4.98 Å². The summed E-state index contributed by atoms with van der Waals surface area (Å²) in [5.74, 6) is -0.169. The van der Waals surface area contributed by atoms with Crippen molar-refractivity contribution in [1.82, 2.24) is 15.3 Å². The highest BCUT2D eigenvalue weighted by atomic mass is 16.1. The van der Waals surface area contributed by atoms with Gasteiger partial charge in [-0.2, -0.15) is 0 Å². The highest BCUT2D eigenvalue weighted by Gasteiger charge is 2.05. The highest BCUT2D eigenvalue weighted by Crippen LogP contribution is 2.06. The van der Waals surface area contributed by atoms with Gasteiger partial charge in [0.25, 0.3) is 5.91 Å². The molecule has 0 bridgehead atoms. The molecule has 0 aliphatic rings. The van der Waals surface area contributed by atoms with Crippen LogP contribution in [-0.2, 0) is 6.42 Å². The number of aromatic nitrogens is 2. The van der Waals surface area contributed by atoms with Crippen molar-refractivity contribution in [1.29, 1.82) is 0 Å². The molecule has 0 saturated carbocycles. The summed E-state index contributed by atoms with van der Waals surface area (Å²) in [5, 5.41) is 2.84. The number of carbonyl (C=O) groups excluding carboxylic acids is 1. The Kier molecular flexibility index (Phi) is 4.61. The molecule has 2 aromatic rings. The zero-order valence-electron chi connectivity index (χ0n) is 11.0. The van der Waals surface area contributed by atoms with Crippen LogP contribution in [0.25, 0.3) is 0 Å². The van der Waals surface area contributed by atoms with Gasteiger partial charge < -0.3 is 5.32 Å². The van der Waals surface area contributed by atoms with Crippen LogP contribution in [0.15, 0.2) is 42.9 Å². The average Bonchev–Trinajstić information content (AvgIpc) is 2.44. The molecule has 0 unspecified atom stereocenters. The van der Waals surface area contributed by atoms with Gasteiger partial charge in [0.05, 0.1) is 6.20 Å². The summed E-state index contributed by atoms with van der Waals surface area (Å²) in [6.07, 6.45) is 6.41. The molecule has 1 heterocycles. The lowest BCUT2D eigenvalue weighted by molar-refractivity contribution is 0.0948. The van der Waals surface area contributed by atoms with Gasteiger partial charge in [0.1, 0.15) is 5.69 Å². The van der Waals surface area contributed by atoms with E-state index in [1.807, 2.05) is 0 Å². The van der Waals surface area contributed by atoms with E-state index in [2.05, 4.69) is 46.5 Å². The first-order valence-electron chi connectivity index (χ1n) is 6.35. The van der Waals surface area contributed by atoms with Crippen LogP contribution in [-0.4, -0.2) is 22.4 Å². The summed E-state index contributed by atoms with van der Waals surface area (Å²) in [4.78, 5) is 19.5. The Labute approximate surface area is 112 Å². The Balaban J connectivity index is 1.74. The number of nitrogens with one attached hydrogen (secondary N) is 1. The SMILES string of the molecule is Cc1cccc(CCCNC(=O)c2cnccn2)c1. The fraction of sp³-hybridized carbons (Fsp3) is 0.267. The molecule has 0 atom stereocenters. The fourth-order valence-corrected chi connectivity index (χ4v) is 1.87. The zero-order valence-corrected chi connectivity index (χ0v) is 11.0. The number of aryl methyl sites for hydroxylation is 2. The number of hydrogen-bond donors (Lipinski definition) is 1. The third-order valence-electron chi connectivity index (χ3n) is 2.81. The second-order valence-corrected chi connectivity index (χ2v) is 4.44. The number of hydrogen-bond acceptors (Lipinski definition) is 3. The molecule has 0 aliphatic heterocycles. The maximum Gasteiger partial charge on any atom is 0.271 e. The molecule has 0 saturated heterocycles. The molecule has 0 fully saturated rings. The minimum Gasteiger partial charge on any atom is -0.351 e. The summed E-state index contributed by atoms with van der Waals surface area (Å²) in [6, 6.07) is 8.42.